The number of ether oxygens (including phenoxy) is 2. The third kappa shape index (κ3) is 6.71. The predicted molar refractivity (Wildman–Crippen MR) is 125 cm³/mol. The Kier molecular flexibility index (Phi) is 8.03. The van der Waals surface area contributed by atoms with E-state index in [1.807, 2.05) is 68.4 Å². The zero-order chi connectivity index (χ0) is 22.9. The molecule has 1 N–H and O–H groups in total. The predicted octanol–water partition coefficient (Wildman–Crippen LogP) is 4.92. The van der Waals surface area contributed by atoms with E-state index in [-0.39, 0.29) is 18.3 Å². The topological polar surface area (TPSA) is 64.6 Å². The minimum atomic E-state index is -0.258. The van der Waals surface area contributed by atoms with Crippen molar-refractivity contribution in [2.45, 2.75) is 40.3 Å². The van der Waals surface area contributed by atoms with Crippen LogP contribution in [0.25, 0.3) is 0 Å². The lowest BCUT2D eigenvalue weighted by Crippen LogP contribution is -2.23. The van der Waals surface area contributed by atoms with E-state index < -0.39 is 0 Å². The highest BCUT2D eigenvalue weighted by Gasteiger charge is 2.11. The van der Waals surface area contributed by atoms with Crippen LogP contribution in [0.2, 0.25) is 0 Å². The van der Waals surface area contributed by atoms with E-state index in [0.717, 1.165) is 22.3 Å². The third-order valence-electron chi connectivity index (χ3n) is 5.04. The first-order chi connectivity index (χ1) is 15.4. The number of benzene rings is 3. The number of carbonyl (C=O) groups is 2. The van der Waals surface area contributed by atoms with Gasteiger partial charge in [0.2, 0.25) is 0 Å². The molecule has 0 bridgehead atoms. The summed E-state index contributed by atoms with van der Waals surface area (Å²) in [5, 5.41) is 2.96. The average Bonchev–Trinajstić information content (AvgIpc) is 2.77. The van der Waals surface area contributed by atoms with Crippen LogP contribution in [-0.4, -0.2) is 18.5 Å². The first-order valence-corrected chi connectivity index (χ1v) is 10.7. The van der Waals surface area contributed by atoms with E-state index in [0.29, 0.717) is 31.1 Å². The van der Waals surface area contributed by atoms with Crippen molar-refractivity contribution in [2.24, 2.45) is 0 Å². The number of amides is 1. The Balaban J connectivity index is 1.61. The van der Waals surface area contributed by atoms with Crippen LogP contribution in [-0.2, 0) is 29.1 Å². The van der Waals surface area contributed by atoms with Gasteiger partial charge in [-0.15, -0.1) is 0 Å². The van der Waals surface area contributed by atoms with Gasteiger partial charge in [0.15, 0.2) is 0 Å². The number of nitrogens with one attached hydrogen (secondary N) is 1. The second kappa shape index (κ2) is 11.1. The van der Waals surface area contributed by atoms with Gasteiger partial charge in [-0.25, -0.2) is 0 Å². The van der Waals surface area contributed by atoms with Crippen LogP contribution < -0.4 is 10.1 Å². The first-order valence-electron chi connectivity index (χ1n) is 10.7. The molecule has 0 atom stereocenters. The van der Waals surface area contributed by atoms with E-state index in [1.165, 1.54) is 5.56 Å². The number of aryl methyl sites for hydroxylation is 2. The van der Waals surface area contributed by atoms with Crippen molar-refractivity contribution in [1.29, 1.82) is 0 Å². The number of rotatable bonds is 9. The summed E-state index contributed by atoms with van der Waals surface area (Å²) in [6.07, 6.45) is 0.217. The van der Waals surface area contributed by atoms with Crippen molar-refractivity contribution in [3.05, 3.63) is 100 Å². The van der Waals surface area contributed by atoms with Gasteiger partial charge >= 0.3 is 5.97 Å². The van der Waals surface area contributed by atoms with E-state index in [1.54, 1.807) is 13.0 Å². The maximum Gasteiger partial charge on any atom is 0.310 e. The van der Waals surface area contributed by atoms with Gasteiger partial charge in [-0.05, 0) is 55.2 Å². The van der Waals surface area contributed by atoms with Crippen LogP contribution in [0, 0.1) is 13.8 Å². The third-order valence-corrected chi connectivity index (χ3v) is 5.04. The Morgan fingerprint density at radius 1 is 0.875 bits per heavy atom. The molecular formula is C27H29NO4. The molecule has 3 aromatic carbocycles. The molecule has 0 saturated carbocycles. The van der Waals surface area contributed by atoms with Crippen molar-refractivity contribution in [3.63, 3.8) is 0 Å². The molecule has 0 aliphatic rings. The molecule has 5 nitrogen and oxygen atoms in total. The minimum absolute atomic E-state index is 0.167. The Labute approximate surface area is 189 Å². The lowest BCUT2D eigenvalue weighted by Gasteiger charge is -2.12. The Bertz CT molecular complexity index is 1090. The molecule has 1 amide bonds. The Morgan fingerprint density at radius 2 is 1.62 bits per heavy atom. The summed E-state index contributed by atoms with van der Waals surface area (Å²) in [5.41, 5.74) is 5.50. The van der Waals surface area contributed by atoms with E-state index in [9.17, 15) is 9.59 Å². The lowest BCUT2D eigenvalue weighted by atomic mass is 10.1. The SMILES string of the molecule is CCOC(=O)Cc1cccc(CNC(=O)c2cc(OCc3cccc(C)c3)ccc2C)c1. The fourth-order valence-corrected chi connectivity index (χ4v) is 3.41. The van der Waals surface area contributed by atoms with Crippen molar-refractivity contribution in [3.8, 4) is 5.75 Å². The molecule has 0 aliphatic heterocycles. The standard InChI is InChI=1S/C27H29NO4/c1-4-31-26(29)15-21-8-6-9-22(14-21)17-28-27(30)25-16-24(12-11-20(25)3)32-18-23-10-5-7-19(2)13-23/h5-14,16H,4,15,17-18H2,1-3H3,(H,28,30). The monoisotopic (exact) mass is 431 g/mol. The molecule has 32 heavy (non-hydrogen) atoms. The summed E-state index contributed by atoms with van der Waals surface area (Å²) in [4.78, 5) is 24.5. The summed E-state index contributed by atoms with van der Waals surface area (Å²) in [6, 6.07) is 21.3. The molecule has 0 aromatic heterocycles. The summed E-state index contributed by atoms with van der Waals surface area (Å²) >= 11 is 0. The quantitative estimate of drug-likeness (QED) is 0.489. The molecule has 5 heteroatoms. The largest absolute Gasteiger partial charge is 0.489 e. The van der Waals surface area contributed by atoms with Gasteiger partial charge in [0.25, 0.3) is 5.91 Å². The molecule has 0 aliphatic carbocycles. The fraction of sp³-hybridized carbons (Fsp3) is 0.259. The summed E-state index contributed by atoms with van der Waals surface area (Å²) in [6.45, 7) is 6.90. The lowest BCUT2D eigenvalue weighted by molar-refractivity contribution is -0.142. The Hall–Kier alpha value is -3.60. The van der Waals surface area contributed by atoms with E-state index in [2.05, 4.69) is 11.4 Å². The molecule has 3 aromatic rings. The maximum atomic E-state index is 12.8. The molecule has 166 valence electrons. The zero-order valence-electron chi connectivity index (χ0n) is 18.8. The highest BCUT2D eigenvalue weighted by atomic mass is 16.5. The number of carbonyl (C=O) groups excluding carboxylic acids is 2. The van der Waals surface area contributed by atoms with Gasteiger partial charge in [0, 0.05) is 12.1 Å². The van der Waals surface area contributed by atoms with Gasteiger partial charge in [-0.3, -0.25) is 9.59 Å². The fourth-order valence-electron chi connectivity index (χ4n) is 3.41. The average molecular weight is 432 g/mol. The van der Waals surface area contributed by atoms with Gasteiger partial charge < -0.3 is 14.8 Å². The molecule has 0 fully saturated rings. The summed E-state index contributed by atoms with van der Waals surface area (Å²) < 4.78 is 10.9. The van der Waals surface area contributed by atoms with Crippen molar-refractivity contribution >= 4 is 11.9 Å². The van der Waals surface area contributed by atoms with Crippen LogP contribution in [0.15, 0.2) is 66.7 Å². The Morgan fingerprint density at radius 3 is 2.41 bits per heavy atom. The second-order valence-corrected chi connectivity index (χ2v) is 7.74. The molecule has 0 unspecified atom stereocenters. The van der Waals surface area contributed by atoms with Gasteiger partial charge in [0.1, 0.15) is 12.4 Å². The molecule has 0 radical (unpaired) electrons. The van der Waals surface area contributed by atoms with Crippen LogP contribution in [0.4, 0.5) is 0 Å². The van der Waals surface area contributed by atoms with Gasteiger partial charge in [-0.1, -0.05) is 60.2 Å². The van der Waals surface area contributed by atoms with Gasteiger partial charge in [0.05, 0.1) is 13.0 Å². The van der Waals surface area contributed by atoms with E-state index >= 15 is 0 Å². The molecule has 0 saturated heterocycles. The maximum absolute atomic E-state index is 12.8. The normalized spacial score (nSPS) is 10.5. The highest BCUT2D eigenvalue weighted by molar-refractivity contribution is 5.96. The molecule has 0 heterocycles. The zero-order valence-corrected chi connectivity index (χ0v) is 18.8. The summed E-state index contributed by atoms with van der Waals surface area (Å²) in [7, 11) is 0. The smallest absolute Gasteiger partial charge is 0.310 e. The van der Waals surface area contributed by atoms with Crippen molar-refractivity contribution < 1.29 is 19.1 Å². The van der Waals surface area contributed by atoms with Gasteiger partial charge in [-0.2, -0.15) is 0 Å². The molecule has 0 spiro atoms. The first kappa shape index (κ1) is 23.1. The van der Waals surface area contributed by atoms with Crippen molar-refractivity contribution in [1.82, 2.24) is 5.32 Å². The number of hydrogen-bond donors (Lipinski definition) is 1. The van der Waals surface area contributed by atoms with Crippen LogP contribution in [0.5, 0.6) is 5.75 Å². The van der Waals surface area contributed by atoms with Crippen LogP contribution >= 0.6 is 0 Å². The van der Waals surface area contributed by atoms with Crippen molar-refractivity contribution in [2.75, 3.05) is 6.61 Å². The highest BCUT2D eigenvalue weighted by Crippen LogP contribution is 2.19. The minimum Gasteiger partial charge on any atom is -0.489 e. The number of esters is 1. The van der Waals surface area contributed by atoms with Crippen LogP contribution in [0.1, 0.15) is 45.1 Å². The molecule has 3 rings (SSSR count). The second-order valence-electron chi connectivity index (χ2n) is 7.74. The summed E-state index contributed by atoms with van der Waals surface area (Å²) in [5.74, 6) is 0.227. The van der Waals surface area contributed by atoms with E-state index in [4.69, 9.17) is 9.47 Å². The number of hydrogen-bond acceptors (Lipinski definition) is 4. The van der Waals surface area contributed by atoms with Crippen LogP contribution in [0.3, 0.4) is 0 Å². The molecular weight excluding hydrogens is 402 g/mol.